The van der Waals surface area contributed by atoms with E-state index in [9.17, 15) is 13.2 Å². The summed E-state index contributed by atoms with van der Waals surface area (Å²) in [6.07, 6.45) is 7.28. The summed E-state index contributed by atoms with van der Waals surface area (Å²) >= 11 is 0. The molecule has 0 radical (unpaired) electrons. The van der Waals surface area contributed by atoms with Gasteiger partial charge in [-0.05, 0) is 50.8 Å². The van der Waals surface area contributed by atoms with Crippen LogP contribution in [0.3, 0.4) is 0 Å². The largest absolute Gasteiger partial charge is 0.416 e. The minimum atomic E-state index is -4.34. The lowest BCUT2D eigenvalue weighted by Crippen LogP contribution is -2.47. The number of aromatic nitrogens is 1. The molecule has 0 amide bonds. The van der Waals surface area contributed by atoms with Crippen LogP contribution in [0.25, 0.3) is 0 Å². The number of nitrogens with zero attached hydrogens (tertiary/aromatic N) is 5. The first-order valence-electron chi connectivity index (χ1n) is 11.2. The first-order valence-corrected chi connectivity index (χ1v) is 11.2. The molecule has 1 aliphatic carbocycles. The number of aliphatic imine (C=N–C) groups is 1. The van der Waals surface area contributed by atoms with E-state index in [4.69, 9.17) is 4.84 Å². The van der Waals surface area contributed by atoms with E-state index >= 15 is 0 Å². The average molecular weight is 438 g/mol. The van der Waals surface area contributed by atoms with Crippen molar-refractivity contribution < 1.29 is 18.0 Å². The molecule has 170 valence electrons. The van der Waals surface area contributed by atoms with Crippen LogP contribution in [0.15, 0.2) is 35.7 Å². The zero-order valence-electron chi connectivity index (χ0n) is 17.7. The molecule has 4 rings (SSSR count). The van der Waals surface area contributed by atoms with Crippen molar-refractivity contribution in [1.29, 1.82) is 0 Å². The van der Waals surface area contributed by atoms with Gasteiger partial charge in [0.25, 0.3) is 0 Å². The van der Waals surface area contributed by atoms with Crippen molar-refractivity contribution in [3.8, 4) is 0 Å². The van der Waals surface area contributed by atoms with Gasteiger partial charge in [0.2, 0.25) is 0 Å². The predicted octanol–water partition coefficient (Wildman–Crippen LogP) is 4.10. The zero-order valence-corrected chi connectivity index (χ0v) is 17.7. The molecule has 2 aliphatic heterocycles. The maximum atomic E-state index is 12.9. The normalized spacial score (nSPS) is 22.4. The molecule has 1 aromatic heterocycles. The standard InChI is InChI=1S/C22H30F3N5O/c23-22(24,25)18-7-8-27-21(17-18)29-14-12-28(13-15-29)10-3-4-16-31-30-11-9-26-19-5-1-2-6-20(19)30/h7-9,11,17,20H,1-6,10,12-16H2. The van der Waals surface area contributed by atoms with E-state index in [-0.39, 0.29) is 0 Å². The summed E-state index contributed by atoms with van der Waals surface area (Å²) in [6, 6.07) is 2.46. The minimum Gasteiger partial charge on any atom is -0.354 e. The Balaban J connectivity index is 1.14. The summed E-state index contributed by atoms with van der Waals surface area (Å²) < 4.78 is 38.8. The third-order valence-electron chi connectivity index (χ3n) is 6.18. The van der Waals surface area contributed by atoms with Gasteiger partial charge in [-0.2, -0.15) is 13.2 Å². The Labute approximate surface area is 181 Å². The summed E-state index contributed by atoms with van der Waals surface area (Å²) in [7, 11) is 0. The van der Waals surface area contributed by atoms with E-state index in [2.05, 4.69) is 14.9 Å². The molecule has 0 bridgehead atoms. The van der Waals surface area contributed by atoms with Gasteiger partial charge in [-0.3, -0.25) is 19.8 Å². The first-order chi connectivity index (χ1) is 15.0. The monoisotopic (exact) mass is 437 g/mol. The summed E-state index contributed by atoms with van der Waals surface area (Å²) in [5.74, 6) is 0.406. The van der Waals surface area contributed by atoms with Gasteiger partial charge in [0, 0.05) is 50.5 Å². The summed E-state index contributed by atoms with van der Waals surface area (Å²) in [4.78, 5) is 18.9. The van der Waals surface area contributed by atoms with Crippen molar-refractivity contribution in [3.05, 3.63) is 36.3 Å². The van der Waals surface area contributed by atoms with E-state index in [1.165, 1.54) is 24.8 Å². The number of anilines is 1. The molecule has 1 saturated heterocycles. The van der Waals surface area contributed by atoms with Crippen molar-refractivity contribution in [3.63, 3.8) is 0 Å². The molecule has 9 heteroatoms. The van der Waals surface area contributed by atoms with Crippen molar-refractivity contribution in [2.45, 2.75) is 50.7 Å². The van der Waals surface area contributed by atoms with Crippen LogP contribution in [0.4, 0.5) is 19.0 Å². The molecule has 31 heavy (non-hydrogen) atoms. The Hall–Kier alpha value is -2.13. The SMILES string of the molecule is FC(F)(F)c1ccnc(N2CCN(CCCCON3C=CN=C4CCCCC43)CC2)c1. The summed E-state index contributed by atoms with van der Waals surface area (Å²) in [5, 5.41) is 1.97. The van der Waals surface area contributed by atoms with Gasteiger partial charge in [0.1, 0.15) is 5.82 Å². The lowest BCUT2D eigenvalue weighted by Gasteiger charge is -2.36. The van der Waals surface area contributed by atoms with Crippen LogP contribution in [0.1, 0.15) is 44.1 Å². The van der Waals surface area contributed by atoms with Crippen molar-refractivity contribution in [1.82, 2.24) is 14.9 Å². The molecular weight excluding hydrogens is 407 g/mol. The summed E-state index contributed by atoms with van der Waals surface area (Å²) in [5.41, 5.74) is 0.594. The Morgan fingerprint density at radius 3 is 2.74 bits per heavy atom. The number of fused-ring (bicyclic) bond motifs is 1. The molecule has 3 aliphatic rings. The molecule has 1 atom stereocenters. The number of hydrogen-bond acceptors (Lipinski definition) is 6. The highest BCUT2D eigenvalue weighted by Crippen LogP contribution is 2.31. The smallest absolute Gasteiger partial charge is 0.354 e. The molecule has 0 aromatic carbocycles. The van der Waals surface area contributed by atoms with Crippen molar-refractivity contribution >= 4 is 11.5 Å². The number of halogens is 3. The van der Waals surface area contributed by atoms with Gasteiger partial charge in [-0.15, -0.1) is 0 Å². The molecule has 2 fully saturated rings. The van der Waals surface area contributed by atoms with Gasteiger partial charge >= 0.3 is 6.18 Å². The summed E-state index contributed by atoms with van der Waals surface area (Å²) in [6.45, 7) is 4.69. The van der Waals surface area contributed by atoms with Crippen LogP contribution in [-0.4, -0.2) is 66.0 Å². The Morgan fingerprint density at radius 1 is 1.10 bits per heavy atom. The number of piperazine rings is 1. The fourth-order valence-corrected chi connectivity index (χ4v) is 4.41. The minimum absolute atomic E-state index is 0.302. The molecule has 3 heterocycles. The quantitative estimate of drug-likeness (QED) is 0.601. The first kappa shape index (κ1) is 22.1. The molecule has 1 aromatic rings. The molecule has 6 nitrogen and oxygen atoms in total. The van der Waals surface area contributed by atoms with Gasteiger partial charge in [0.15, 0.2) is 0 Å². The van der Waals surface area contributed by atoms with E-state index in [0.29, 0.717) is 31.6 Å². The van der Waals surface area contributed by atoms with Gasteiger partial charge in [-0.1, -0.05) is 6.42 Å². The van der Waals surface area contributed by atoms with Crippen LogP contribution in [0.2, 0.25) is 0 Å². The number of unbranched alkanes of at least 4 members (excludes halogenated alkanes) is 1. The molecule has 0 N–H and O–H groups in total. The van der Waals surface area contributed by atoms with Gasteiger partial charge in [0.05, 0.1) is 18.2 Å². The second-order valence-electron chi connectivity index (χ2n) is 8.31. The Bertz CT molecular complexity index is 790. The molecule has 1 unspecified atom stereocenters. The average Bonchev–Trinajstić information content (AvgIpc) is 2.79. The number of pyridine rings is 1. The number of hydroxylamine groups is 2. The van der Waals surface area contributed by atoms with Crippen LogP contribution in [0.5, 0.6) is 0 Å². The predicted molar refractivity (Wildman–Crippen MR) is 114 cm³/mol. The van der Waals surface area contributed by atoms with Crippen LogP contribution in [0, 0.1) is 0 Å². The lowest BCUT2D eigenvalue weighted by molar-refractivity contribution is -0.139. The molecule has 1 saturated carbocycles. The third kappa shape index (κ3) is 5.77. The topological polar surface area (TPSA) is 44.2 Å². The van der Waals surface area contributed by atoms with Crippen LogP contribution in [-0.2, 0) is 11.0 Å². The Kier molecular flexibility index (Phi) is 7.12. The van der Waals surface area contributed by atoms with E-state index in [1.54, 1.807) is 0 Å². The highest BCUT2D eigenvalue weighted by molar-refractivity contribution is 5.91. The van der Waals surface area contributed by atoms with Crippen molar-refractivity contribution in [2.24, 2.45) is 4.99 Å². The number of hydrogen-bond donors (Lipinski definition) is 0. The van der Waals surface area contributed by atoms with Crippen molar-refractivity contribution in [2.75, 3.05) is 44.2 Å². The fourth-order valence-electron chi connectivity index (χ4n) is 4.41. The van der Waals surface area contributed by atoms with Crippen LogP contribution < -0.4 is 4.90 Å². The lowest BCUT2D eigenvalue weighted by atomic mass is 9.92. The van der Waals surface area contributed by atoms with E-state index in [1.807, 2.05) is 22.4 Å². The van der Waals surface area contributed by atoms with E-state index < -0.39 is 11.7 Å². The third-order valence-corrected chi connectivity index (χ3v) is 6.18. The second kappa shape index (κ2) is 9.99. The molecular formula is C22H30F3N5O. The maximum absolute atomic E-state index is 12.9. The van der Waals surface area contributed by atoms with Gasteiger partial charge in [-0.25, -0.2) is 4.98 Å². The highest BCUT2D eigenvalue weighted by Gasteiger charge is 2.31. The second-order valence-corrected chi connectivity index (χ2v) is 8.31. The highest BCUT2D eigenvalue weighted by atomic mass is 19.4. The molecule has 0 spiro atoms. The Morgan fingerprint density at radius 2 is 1.94 bits per heavy atom. The maximum Gasteiger partial charge on any atom is 0.416 e. The van der Waals surface area contributed by atoms with Gasteiger partial charge < -0.3 is 4.90 Å². The van der Waals surface area contributed by atoms with Crippen LogP contribution >= 0.6 is 0 Å². The fraction of sp³-hybridized carbons (Fsp3) is 0.636. The van der Waals surface area contributed by atoms with E-state index in [0.717, 1.165) is 57.5 Å². The number of rotatable bonds is 7. The zero-order chi connectivity index (χ0) is 21.7. The number of alkyl halides is 3.